The number of benzene rings is 1. The maximum Gasteiger partial charge on any atom is 0.268 e. The second kappa shape index (κ2) is 12.2. The fraction of sp³-hybridized carbons (Fsp3) is 0.387. The van der Waals surface area contributed by atoms with Gasteiger partial charge in [-0.15, -0.1) is 0 Å². The van der Waals surface area contributed by atoms with Crippen LogP contribution in [0.5, 0.6) is 0 Å². The highest BCUT2D eigenvalue weighted by Gasteiger charge is 2.21. The van der Waals surface area contributed by atoms with Crippen molar-refractivity contribution in [1.29, 1.82) is 0 Å². The Balaban J connectivity index is 1.37. The average molecular weight is 600 g/mol. The summed E-state index contributed by atoms with van der Waals surface area (Å²) in [6.45, 7) is 2.30. The molecule has 4 aromatic rings. The standard InChI is InChI=1S/C31H33N7O4S/c1-37-15-16-42-27(20-37)22-9-11-25(12-10-22)35-31-34-18-24-17-23(8-7-21-5-3-4-6-21)30(39)38(28(24)36-31)19-26-29(43(2,40)41)33-14-13-32-26/h9-14,17-18,21,27H,3-6,15-16,19-20H2,1-2H3,(H,34,35,36). The number of anilines is 2. The minimum absolute atomic E-state index is 0.0167. The van der Waals surface area contributed by atoms with Crippen LogP contribution >= 0.6 is 0 Å². The van der Waals surface area contributed by atoms with Gasteiger partial charge in [0.25, 0.3) is 5.56 Å². The topological polar surface area (TPSA) is 132 Å². The fourth-order valence-corrected chi connectivity index (χ4v) is 6.31. The molecule has 1 saturated heterocycles. The van der Waals surface area contributed by atoms with Gasteiger partial charge in [-0.25, -0.2) is 18.4 Å². The molecular formula is C31H33N7O4S. The molecular weight excluding hydrogens is 566 g/mol. The van der Waals surface area contributed by atoms with Crippen molar-refractivity contribution in [1.82, 2.24) is 29.4 Å². The summed E-state index contributed by atoms with van der Waals surface area (Å²) < 4.78 is 32.2. The van der Waals surface area contributed by atoms with E-state index in [4.69, 9.17) is 4.74 Å². The maximum atomic E-state index is 13.8. The van der Waals surface area contributed by atoms with Crippen LogP contribution in [0.2, 0.25) is 0 Å². The number of aromatic nitrogens is 5. The van der Waals surface area contributed by atoms with E-state index in [0.717, 1.165) is 56.3 Å². The number of hydrogen-bond donors (Lipinski definition) is 1. The Labute approximate surface area is 250 Å². The van der Waals surface area contributed by atoms with Crippen molar-refractivity contribution in [2.45, 2.75) is 43.4 Å². The van der Waals surface area contributed by atoms with E-state index in [1.165, 1.54) is 17.0 Å². The Morgan fingerprint density at radius 3 is 2.60 bits per heavy atom. The number of ether oxygens (including phenoxy) is 1. The molecule has 1 unspecified atom stereocenters. The fourth-order valence-electron chi connectivity index (χ4n) is 5.52. The molecule has 12 heteroatoms. The zero-order valence-corrected chi connectivity index (χ0v) is 25.0. The van der Waals surface area contributed by atoms with Gasteiger partial charge in [-0.3, -0.25) is 14.3 Å². The molecule has 0 radical (unpaired) electrons. The van der Waals surface area contributed by atoms with Crippen molar-refractivity contribution in [2.75, 3.05) is 38.3 Å². The SMILES string of the molecule is CN1CCOC(c2ccc(Nc3ncc4cc(C#CC5CCCC5)c(=O)n(Cc5nccnc5S(C)(=O)=O)c4n3)cc2)C1. The molecule has 43 heavy (non-hydrogen) atoms. The molecule has 3 aromatic heterocycles. The summed E-state index contributed by atoms with van der Waals surface area (Å²) in [4.78, 5) is 33.5. The van der Waals surface area contributed by atoms with E-state index in [9.17, 15) is 13.2 Å². The Morgan fingerprint density at radius 1 is 1.09 bits per heavy atom. The van der Waals surface area contributed by atoms with Gasteiger partial charge in [-0.1, -0.05) is 36.8 Å². The van der Waals surface area contributed by atoms with Crippen molar-refractivity contribution in [3.8, 4) is 11.8 Å². The largest absolute Gasteiger partial charge is 0.371 e. The molecule has 222 valence electrons. The monoisotopic (exact) mass is 599 g/mol. The van der Waals surface area contributed by atoms with Crippen LogP contribution in [0.15, 0.2) is 58.7 Å². The molecule has 4 heterocycles. The summed E-state index contributed by atoms with van der Waals surface area (Å²) in [5.74, 6) is 6.89. The van der Waals surface area contributed by atoms with Gasteiger partial charge in [0.1, 0.15) is 5.65 Å². The minimum Gasteiger partial charge on any atom is -0.371 e. The lowest BCUT2D eigenvalue weighted by Crippen LogP contribution is -2.35. The molecule has 2 fully saturated rings. The predicted molar refractivity (Wildman–Crippen MR) is 163 cm³/mol. The minimum atomic E-state index is -3.69. The lowest BCUT2D eigenvalue weighted by atomic mass is 10.1. The van der Waals surface area contributed by atoms with Crippen LogP contribution in [0.1, 0.15) is 48.6 Å². The van der Waals surface area contributed by atoms with Gasteiger partial charge < -0.3 is 15.0 Å². The zero-order valence-electron chi connectivity index (χ0n) is 24.2. The highest BCUT2D eigenvalue weighted by atomic mass is 32.2. The number of morpholine rings is 1. The van der Waals surface area contributed by atoms with Crippen LogP contribution in [0, 0.1) is 17.8 Å². The zero-order chi connectivity index (χ0) is 30.0. The quantitative estimate of drug-likeness (QED) is 0.329. The molecule has 11 nitrogen and oxygen atoms in total. The predicted octanol–water partition coefficient (Wildman–Crippen LogP) is 3.32. The maximum absolute atomic E-state index is 13.8. The number of nitrogens with one attached hydrogen (secondary N) is 1. The number of sulfone groups is 1. The van der Waals surface area contributed by atoms with Crippen LogP contribution in [-0.4, -0.2) is 70.8 Å². The Bertz CT molecular complexity index is 1870. The smallest absolute Gasteiger partial charge is 0.268 e. The number of fused-ring (bicyclic) bond motifs is 1. The van der Waals surface area contributed by atoms with Gasteiger partial charge in [-0.05, 0) is 43.7 Å². The molecule has 1 N–H and O–H groups in total. The van der Waals surface area contributed by atoms with Crippen molar-refractivity contribution >= 4 is 32.5 Å². The Morgan fingerprint density at radius 2 is 1.86 bits per heavy atom. The van der Waals surface area contributed by atoms with E-state index in [1.54, 1.807) is 12.3 Å². The highest BCUT2D eigenvalue weighted by Crippen LogP contribution is 2.25. The third-order valence-corrected chi connectivity index (χ3v) is 8.84. The number of likely N-dealkylation sites (N-methyl/N-ethyl adjacent to an activating group) is 1. The van der Waals surface area contributed by atoms with Gasteiger partial charge in [-0.2, -0.15) is 4.98 Å². The second-order valence-corrected chi connectivity index (χ2v) is 13.1. The summed E-state index contributed by atoms with van der Waals surface area (Å²) in [5.41, 5.74) is 2.26. The number of nitrogens with zero attached hydrogens (tertiary/aromatic N) is 6. The molecule has 1 aromatic carbocycles. The van der Waals surface area contributed by atoms with E-state index < -0.39 is 9.84 Å². The van der Waals surface area contributed by atoms with Crippen molar-refractivity contribution < 1.29 is 13.2 Å². The van der Waals surface area contributed by atoms with E-state index in [1.807, 2.05) is 24.3 Å². The highest BCUT2D eigenvalue weighted by molar-refractivity contribution is 7.90. The molecule has 1 atom stereocenters. The first-order valence-electron chi connectivity index (χ1n) is 14.3. The van der Waals surface area contributed by atoms with E-state index >= 15 is 0 Å². The number of hydrogen-bond acceptors (Lipinski definition) is 10. The van der Waals surface area contributed by atoms with Gasteiger partial charge in [0.15, 0.2) is 14.9 Å². The number of pyridine rings is 1. The van der Waals surface area contributed by atoms with Gasteiger partial charge >= 0.3 is 0 Å². The van der Waals surface area contributed by atoms with Crippen molar-refractivity contribution in [3.05, 3.63) is 76.1 Å². The summed E-state index contributed by atoms with van der Waals surface area (Å²) >= 11 is 0. The molecule has 6 rings (SSSR count). The van der Waals surface area contributed by atoms with Crippen LogP contribution in [0.25, 0.3) is 11.0 Å². The molecule has 0 spiro atoms. The molecule has 1 aliphatic carbocycles. The molecule has 0 bridgehead atoms. The lowest BCUT2D eigenvalue weighted by molar-refractivity contribution is -0.0208. The van der Waals surface area contributed by atoms with Gasteiger partial charge in [0, 0.05) is 54.9 Å². The van der Waals surface area contributed by atoms with Gasteiger partial charge in [0.2, 0.25) is 5.95 Å². The van der Waals surface area contributed by atoms with E-state index in [-0.39, 0.29) is 40.8 Å². The normalized spacial score (nSPS) is 18.0. The third kappa shape index (κ3) is 6.59. The first-order chi connectivity index (χ1) is 20.7. The third-order valence-electron chi connectivity index (χ3n) is 7.80. The summed E-state index contributed by atoms with van der Waals surface area (Å²) in [5, 5.41) is 3.63. The molecule has 1 saturated carbocycles. The summed E-state index contributed by atoms with van der Waals surface area (Å²) in [6, 6.07) is 9.60. The first-order valence-corrected chi connectivity index (χ1v) is 16.2. The van der Waals surface area contributed by atoms with Crippen LogP contribution in [0.4, 0.5) is 11.6 Å². The van der Waals surface area contributed by atoms with Gasteiger partial charge in [0.05, 0.1) is 30.5 Å². The Hall–Kier alpha value is -4.18. The van der Waals surface area contributed by atoms with E-state index in [2.05, 4.69) is 49.0 Å². The van der Waals surface area contributed by atoms with Crippen LogP contribution in [0.3, 0.4) is 0 Å². The second-order valence-electron chi connectivity index (χ2n) is 11.1. The molecule has 1 aliphatic heterocycles. The van der Waals surface area contributed by atoms with Crippen molar-refractivity contribution in [2.24, 2.45) is 5.92 Å². The molecule has 2 aliphatic rings. The summed E-state index contributed by atoms with van der Waals surface area (Å²) in [6.07, 6.45) is 9.77. The summed E-state index contributed by atoms with van der Waals surface area (Å²) in [7, 11) is -1.61. The van der Waals surface area contributed by atoms with E-state index in [0.29, 0.717) is 23.2 Å². The number of rotatable bonds is 6. The lowest BCUT2D eigenvalue weighted by Gasteiger charge is -2.30. The van der Waals surface area contributed by atoms with Crippen LogP contribution in [-0.2, 0) is 21.1 Å². The molecule has 0 amide bonds. The average Bonchev–Trinajstić information content (AvgIpc) is 3.52. The van der Waals surface area contributed by atoms with Crippen LogP contribution < -0.4 is 10.9 Å². The van der Waals surface area contributed by atoms with Crippen molar-refractivity contribution in [3.63, 3.8) is 0 Å². The first kappa shape index (κ1) is 28.9. The Kier molecular flexibility index (Phi) is 8.21.